The van der Waals surface area contributed by atoms with E-state index in [-0.39, 0.29) is 18.2 Å². The number of nitrogens with zero attached hydrogens (tertiary/aromatic N) is 1. The number of rotatable bonds is 6. The summed E-state index contributed by atoms with van der Waals surface area (Å²) >= 11 is 5.44. The van der Waals surface area contributed by atoms with E-state index in [1.54, 1.807) is 19.1 Å². The van der Waals surface area contributed by atoms with Gasteiger partial charge in [-0.2, -0.15) is 4.31 Å². The van der Waals surface area contributed by atoms with E-state index >= 15 is 0 Å². The molecule has 0 aromatic carbocycles. The molecular formula is C9H14ClNO3S. The summed E-state index contributed by atoms with van der Waals surface area (Å²) in [5.74, 6) is 0.704. The Hall–Kier alpha value is -0.520. The Bertz CT molecular complexity index is 374. The predicted molar refractivity (Wildman–Crippen MR) is 59.3 cm³/mol. The van der Waals surface area contributed by atoms with Gasteiger partial charge >= 0.3 is 0 Å². The molecule has 4 nitrogen and oxygen atoms in total. The summed E-state index contributed by atoms with van der Waals surface area (Å²) in [6.07, 6.45) is 1.53. The van der Waals surface area contributed by atoms with Gasteiger partial charge in [0.15, 0.2) is 0 Å². The molecule has 86 valence electrons. The first-order valence-corrected chi connectivity index (χ1v) is 6.80. The van der Waals surface area contributed by atoms with E-state index in [0.717, 1.165) is 0 Å². The summed E-state index contributed by atoms with van der Waals surface area (Å²) in [6.45, 7) is 2.47. The summed E-state index contributed by atoms with van der Waals surface area (Å²) in [6, 6.07) is 3.48. The van der Waals surface area contributed by atoms with Crippen LogP contribution >= 0.6 is 11.6 Å². The number of hydrogen-bond donors (Lipinski definition) is 0. The van der Waals surface area contributed by atoms with Crippen LogP contribution in [0.25, 0.3) is 0 Å². The summed E-state index contributed by atoms with van der Waals surface area (Å²) in [4.78, 5) is 0. The summed E-state index contributed by atoms with van der Waals surface area (Å²) in [5, 5.41) is 0. The molecule has 1 rings (SSSR count). The van der Waals surface area contributed by atoms with Crippen LogP contribution in [0, 0.1) is 0 Å². The molecule has 0 saturated heterocycles. The molecule has 0 saturated carbocycles. The molecule has 0 aliphatic carbocycles. The van der Waals surface area contributed by atoms with Gasteiger partial charge in [-0.3, -0.25) is 0 Å². The van der Waals surface area contributed by atoms with E-state index in [0.29, 0.717) is 12.3 Å². The van der Waals surface area contributed by atoms with Gasteiger partial charge in [-0.25, -0.2) is 8.42 Å². The van der Waals surface area contributed by atoms with Crippen molar-refractivity contribution in [2.45, 2.75) is 13.5 Å². The molecule has 1 aromatic rings. The van der Waals surface area contributed by atoms with Crippen LogP contribution in [0.1, 0.15) is 12.7 Å². The fourth-order valence-corrected chi connectivity index (χ4v) is 2.97. The highest BCUT2D eigenvalue weighted by atomic mass is 35.5. The van der Waals surface area contributed by atoms with Crippen molar-refractivity contribution in [3.8, 4) is 0 Å². The summed E-state index contributed by atoms with van der Waals surface area (Å²) in [7, 11) is -3.26. The normalized spacial score (nSPS) is 12.2. The lowest BCUT2D eigenvalue weighted by Gasteiger charge is -2.18. The Morgan fingerprint density at radius 3 is 2.73 bits per heavy atom. The molecule has 0 radical (unpaired) electrons. The fraction of sp³-hybridized carbons (Fsp3) is 0.556. The minimum Gasteiger partial charge on any atom is -0.468 e. The number of sulfonamides is 1. The standard InChI is InChI=1S/C9H14ClNO3S/c1-2-11(15(12,13)7-5-10)8-9-4-3-6-14-9/h3-4,6H,2,5,7-8H2,1H3. The first-order chi connectivity index (χ1) is 7.10. The Morgan fingerprint density at radius 2 is 2.27 bits per heavy atom. The van der Waals surface area contributed by atoms with Crippen LogP contribution in [0.3, 0.4) is 0 Å². The lowest BCUT2D eigenvalue weighted by molar-refractivity contribution is 0.376. The maximum Gasteiger partial charge on any atom is 0.215 e. The van der Waals surface area contributed by atoms with Gasteiger partial charge in [0, 0.05) is 12.4 Å². The zero-order valence-corrected chi connectivity index (χ0v) is 10.1. The van der Waals surface area contributed by atoms with Crippen molar-refractivity contribution in [1.29, 1.82) is 0 Å². The quantitative estimate of drug-likeness (QED) is 0.723. The molecule has 1 aromatic heterocycles. The van der Waals surface area contributed by atoms with E-state index in [1.165, 1.54) is 10.6 Å². The van der Waals surface area contributed by atoms with Crippen LogP contribution in [-0.4, -0.2) is 30.9 Å². The highest BCUT2D eigenvalue weighted by Crippen LogP contribution is 2.10. The van der Waals surface area contributed by atoms with Gasteiger partial charge in [-0.1, -0.05) is 6.92 Å². The van der Waals surface area contributed by atoms with Gasteiger partial charge in [0.25, 0.3) is 0 Å². The van der Waals surface area contributed by atoms with Crippen molar-refractivity contribution in [1.82, 2.24) is 4.31 Å². The summed E-state index contributed by atoms with van der Waals surface area (Å²) < 4.78 is 29.8. The molecule has 0 fully saturated rings. The second kappa shape index (κ2) is 5.53. The van der Waals surface area contributed by atoms with Gasteiger partial charge < -0.3 is 4.42 Å². The molecule has 0 unspecified atom stereocenters. The molecule has 0 spiro atoms. The third-order valence-electron chi connectivity index (χ3n) is 1.99. The maximum atomic E-state index is 11.7. The van der Waals surface area contributed by atoms with Crippen LogP contribution < -0.4 is 0 Å². The zero-order chi connectivity index (χ0) is 11.3. The van der Waals surface area contributed by atoms with Crippen molar-refractivity contribution < 1.29 is 12.8 Å². The molecule has 0 aliphatic rings. The molecule has 1 heterocycles. The van der Waals surface area contributed by atoms with Gasteiger partial charge in [0.05, 0.1) is 18.6 Å². The van der Waals surface area contributed by atoms with Crippen molar-refractivity contribution in [2.75, 3.05) is 18.2 Å². The average molecular weight is 252 g/mol. The Morgan fingerprint density at radius 1 is 1.53 bits per heavy atom. The Labute approximate surface area is 94.9 Å². The molecular weight excluding hydrogens is 238 g/mol. The van der Waals surface area contributed by atoms with Gasteiger partial charge in [-0.05, 0) is 12.1 Å². The second-order valence-electron chi connectivity index (χ2n) is 3.01. The molecule has 0 atom stereocenters. The third kappa shape index (κ3) is 3.52. The SMILES string of the molecule is CCN(Cc1ccco1)S(=O)(=O)CCCl. The van der Waals surface area contributed by atoms with Crippen LogP contribution in [-0.2, 0) is 16.6 Å². The zero-order valence-electron chi connectivity index (χ0n) is 8.52. The van der Waals surface area contributed by atoms with E-state index in [2.05, 4.69) is 0 Å². The fourth-order valence-electron chi connectivity index (χ4n) is 1.21. The van der Waals surface area contributed by atoms with Gasteiger partial charge in [0.1, 0.15) is 5.76 Å². The molecule has 0 aliphatic heterocycles. The van der Waals surface area contributed by atoms with Gasteiger partial charge in [-0.15, -0.1) is 11.6 Å². The molecule has 6 heteroatoms. The Balaban J connectivity index is 2.72. The Kier molecular flexibility index (Phi) is 4.63. The van der Waals surface area contributed by atoms with Crippen molar-refractivity contribution >= 4 is 21.6 Å². The number of halogens is 1. The molecule has 0 N–H and O–H groups in total. The number of furan rings is 1. The number of hydrogen-bond acceptors (Lipinski definition) is 3. The highest BCUT2D eigenvalue weighted by Gasteiger charge is 2.20. The van der Waals surface area contributed by atoms with Gasteiger partial charge in [0.2, 0.25) is 10.0 Å². The largest absolute Gasteiger partial charge is 0.468 e. The maximum absolute atomic E-state index is 11.7. The topological polar surface area (TPSA) is 50.5 Å². The van der Waals surface area contributed by atoms with Crippen LogP contribution in [0.4, 0.5) is 0 Å². The second-order valence-corrected chi connectivity index (χ2v) is 5.48. The minimum atomic E-state index is -3.26. The molecule has 0 amide bonds. The average Bonchev–Trinajstić information content (AvgIpc) is 2.66. The van der Waals surface area contributed by atoms with E-state index in [4.69, 9.17) is 16.0 Å². The van der Waals surface area contributed by atoms with Crippen LogP contribution in [0.15, 0.2) is 22.8 Å². The van der Waals surface area contributed by atoms with E-state index < -0.39 is 10.0 Å². The summed E-state index contributed by atoms with van der Waals surface area (Å²) in [5.41, 5.74) is 0. The first kappa shape index (κ1) is 12.5. The lowest BCUT2D eigenvalue weighted by Crippen LogP contribution is -2.32. The van der Waals surface area contributed by atoms with Crippen LogP contribution in [0.2, 0.25) is 0 Å². The van der Waals surface area contributed by atoms with Crippen molar-refractivity contribution in [2.24, 2.45) is 0 Å². The molecule has 15 heavy (non-hydrogen) atoms. The van der Waals surface area contributed by atoms with Crippen molar-refractivity contribution in [3.05, 3.63) is 24.2 Å². The number of alkyl halides is 1. The third-order valence-corrected chi connectivity index (χ3v) is 4.30. The molecule has 0 bridgehead atoms. The first-order valence-electron chi connectivity index (χ1n) is 4.66. The smallest absolute Gasteiger partial charge is 0.215 e. The van der Waals surface area contributed by atoms with Crippen LogP contribution in [0.5, 0.6) is 0 Å². The lowest BCUT2D eigenvalue weighted by atomic mass is 10.4. The van der Waals surface area contributed by atoms with Crippen molar-refractivity contribution in [3.63, 3.8) is 0 Å². The van der Waals surface area contributed by atoms with E-state index in [9.17, 15) is 8.42 Å². The minimum absolute atomic E-state index is 0.0386. The monoisotopic (exact) mass is 251 g/mol. The highest BCUT2D eigenvalue weighted by molar-refractivity contribution is 7.89. The predicted octanol–water partition coefficient (Wildman–Crippen LogP) is 1.67. The van der Waals surface area contributed by atoms with E-state index in [1.807, 2.05) is 0 Å².